The van der Waals surface area contributed by atoms with Crippen LogP contribution in [0.2, 0.25) is 5.02 Å². The van der Waals surface area contributed by atoms with Gasteiger partial charge in [-0.3, -0.25) is 4.98 Å². The minimum atomic E-state index is -0.110. The molecule has 0 saturated carbocycles. The Morgan fingerprint density at radius 3 is 2.87 bits per heavy atom. The predicted molar refractivity (Wildman–Crippen MR) is 125 cm³/mol. The van der Waals surface area contributed by atoms with Gasteiger partial charge in [0.15, 0.2) is 5.11 Å². The molecular weight excluding hydrogens is 430 g/mol. The highest BCUT2D eigenvalue weighted by Crippen LogP contribution is 2.41. The van der Waals surface area contributed by atoms with Crippen molar-refractivity contribution in [3.05, 3.63) is 76.8 Å². The fourth-order valence-corrected chi connectivity index (χ4v) is 4.83. The highest BCUT2D eigenvalue weighted by Gasteiger charge is 2.42. The third-order valence-corrected chi connectivity index (χ3v) is 6.76. The Labute approximate surface area is 192 Å². The molecule has 0 unspecified atom stereocenters. The maximum Gasteiger partial charge on any atom is 0.170 e. The van der Waals surface area contributed by atoms with Crippen LogP contribution in [0, 0.1) is 6.92 Å². The quantitative estimate of drug-likeness (QED) is 0.518. The molecule has 1 aromatic carbocycles. The van der Waals surface area contributed by atoms with E-state index in [4.69, 9.17) is 33.0 Å². The first-order valence-electron chi connectivity index (χ1n) is 10.6. The van der Waals surface area contributed by atoms with E-state index in [2.05, 4.69) is 15.2 Å². The Bertz CT molecular complexity index is 1080. The van der Waals surface area contributed by atoms with Gasteiger partial charge in [0.1, 0.15) is 17.6 Å². The van der Waals surface area contributed by atoms with Crippen LogP contribution in [-0.2, 0) is 4.74 Å². The topological polar surface area (TPSA) is 50.5 Å². The van der Waals surface area contributed by atoms with Crippen LogP contribution < -0.4 is 5.32 Å². The van der Waals surface area contributed by atoms with Crippen molar-refractivity contribution < 1.29 is 9.15 Å². The molecule has 1 N–H and O–H groups in total. The van der Waals surface area contributed by atoms with E-state index in [1.807, 2.05) is 61.7 Å². The summed E-state index contributed by atoms with van der Waals surface area (Å²) < 4.78 is 12.3. The summed E-state index contributed by atoms with van der Waals surface area (Å²) in [5.74, 6) is 1.62. The molecule has 5 rings (SSSR count). The monoisotopic (exact) mass is 453 g/mol. The predicted octanol–water partition coefficient (Wildman–Crippen LogP) is 5.45. The second kappa shape index (κ2) is 8.61. The molecule has 3 aromatic rings. The third-order valence-electron chi connectivity index (χ3n) is 6.00. The normalized spacial score (nSPS) is 23.4. The van der Waals surface area contributed by atoms with Gasteiger partial charge < -0.3 is 19.4 Å². The summed E-state index contributed by atoms with van der Waals surface area (Å²) in [6.45, 7) is 3.53. The largest absolute Gasteiger partial charge is 0.459 e. The molecule has 0 amide bonds. The van der Waals surface area contributed by atoms with E-state index < -0.39 is 0 Å². The summed E-state index contributed by atoms with van der Waals surface area (Å²) in [6.07, 6.45) is 4.12. The number of rotatable bonds is 5. The van der Waals surface area contributed by atoms with Gasteiger partial charge in [0.2, 0.25) is 0 Å². The molecule has 160 valence electrons. The molecule has 31 heavy (non-hydrogen) atoms. The molecule has 0 spiro atoms. The lowest BCUT2D eigenvalue weighted by molar-refractivity contribution is 0.0818. The number of aromatic nitrogens is 1. The second-order valence-electron chi connectivity index (χ2n) is 8.08. The van der Waals surface area contributed by atoms with E-state index in [-0.39, 0.29) is 18.2 Å². The van der Waals surface area contributed by atoms with Crippen molar-refractivity contribution in [2.45, 2.75) is 38.0 Å². The highest BCUT2D eigenvalue weighted by molar-refractivity contribution is 7.80. The van der Waals surface area contributed by atoms with Gasteiger partial charge in [-0.15, -0.1) is 0 Å². The lowest BCUT2D eigenvalue weighted by Gasteiger charge is -2.28. The van der Waals surface area contributed by atoms with E-state index in [1.54, 1.807) is 0 Å². The first-order valence-corrected chi connectivity index (χ1v) is 11.3. The van der Waals surface area contributed by atoms with Gasteiger partial charge >= 0.3 is 0 Å². The van der Waals surface area contributed by atoms with E-state index in [9.17, 15) is 0 Å². The van der Waals surface area contributed by atoms with Gasteiger partial charge in [0.05, 0.1) is 17.8 Å². The fourth-order valence-electron chi connectivity index (χ4n) is 4.33. The zero-order valence-electron chi connectivity index (χ0n) is 17.3. The number of nitrogens with one attached hydrogen (secondary N) is 1. The SMILES string of the molecule is Cc1ccc(-c2ccc([C@H]3[C@@H](c4ccccn4)NC(=S)N3C[C@@H]3CCCO3)o2)cc1Cl. The van der Waals surface area contributed by atoms with E-state index in [0.717, 1.165) is 59.4 Å². The Morgan fingerprint density at radius 2 is 2.13 bits per heavy atom. The van der Waals surface area contributed by atoms with Crippen LogP contribution in [-0.4, -0.2) is 34.3 Å². The Balaban J connectivity index is 1.50. The average Bonchev–Trinajstić information content (AvgIpc) is 3.52. The molecule has 0 aliphatic carbocycles. The molecule has 0 radical (unpaired) electrons. The minimum Gasteiger partial charge on any atom is -0.459 e. The number of furan rings is 1. The van der Waals surface area contributed by atoms with Crippen LogP contribution in [0.25, 0.3) is 11.3 Å². The molecule has 0 bridgehead atoms. The number of ether oxygens (including phenoxy) is 1. The number of hydrogen-bond acceptors (Lipinski definition) is 4. The minimum absolute atomic E-state index is 0.101. The van der Waals surface area contributed by atoms with Gasteiger partial charge in [0.25, 0.3) is 0 Å². The zero-order valence-corrected chi connectivity index (χ0v) is 18.8. The lowest BCUT2D eigenvalue weighted by atomic mass is 10.0. The number of nitrogens with zero attached hydrogens (tertiary/aromatic N) is 2. The summed E-state index contributed by atoms with van der Waals surface area (Å²) in [5, 5.41) is 4.90. The molecule has 2 aromatic heterocycles. The zero-order chi connectivity index (χ0) is 21.4. The highest BCUT2D eigenvalue weighted by atomic mass is 35.5. The van der Waals surface area contributed by atoms with Crippen molar-refractivity contribution in [1.82, 2.24) is 15.2 Å². The van der Waals surface area contributed by atoms with Gasteiger partial charge in [-0.2, -0.15) is 0 Å². The summed E-state index contributed by atoms with van der Waals surface area (Å²) >= 11 is 12.1. The number of hydrogen-bond donors (Lipinski definition) is 1. The number of pyridine rings is 1. The molecule has 2 aliphatic heterocycles. The first kappa shape index (κ1) is 20.5. The molecule has 3 atom stereocenters. The fraction of sp³-hybridized carbons (Fsp3) is 0.333. The van der Waals surface area contributed by atoms with Crippen molar-refractivity contribution in [2.24, 2.45) is 0 Å². The number of thiocarbonyl (C=S) groups is 1. The van der Waals surface area contributed by atoms with Crippen LogP contribution in [0.3, 0.4) is 0 Å². The summed E-state index contributed by atoms with van der Waals surface area (Å²) in [7, 11) is 0. The molecule has 7 heteroatoms. The van der Waals surface area contributed by atoms with Gasteiger partial charge in [-0.25, -0.2) is 0 Å². The maximum atomic E-state index is 6.37. The summed E-state index contributed by atoms with van der Waals surface area (Å²) in [6, 6.07) is 15.7. The van der Waals surface area contributed by atoms with Crippen LogP contribution in [0.15, 0.2) is 59.1 Å². The van der Waals surface area contributed by atoms with E-state index >= 15 is 0 Å². The standard InChI is InChI=1S/C24H24ClN3O2S/c1-15-7-8-16(13-18(15)25)20-9-10-21(30-20)23-22(19-6-2-3-11-26-19)27-24(31)28(23)14-17-5-4-12-29-17/h2-3,6-11,13,17,22-23H,4-5,12,14H2,1H3,(H,27,31)/t17-,22+,23-/m0/s1. The van der Waals surface area contributed by atoms with Crippen LogP contribution in [0.1, 0.15) is 41.9 Å². The van der Waals surface area contributed by atoms with Crippen molar-refractivity contribution in [3.8, 4) is 11.3 Å². The Hall–Kier alpha value is -2.41. The number of benzene rings is 1. The van der Waals surface area contributed by atoms with Crippen LogP contribution in [0.5, 0.6) is 0 Å². The Morgan fingerprint density at radius 1 is 1.23 bits per heavy atom. The summed E-state index contributed by atoms with van der Waals surface area (Å²) in [4.78, 5) is 6.77. The van der Waals surface area contributed by atoms with Crippen molar-refractivity contribution in [2.75, 3.05) is 13.2 Å². The second-order valence-corrected chi connectivity index (χ2v) is 8.87. The molecule has 2 fully saturated rings. The maximum absolute atomic E-state index is 6.37. The average molecular weight is 454 g/mol. The van der Waals surface area contributed by atoms with Crippen LogP contribution >= 0.6 is 23.8 Å². The van der Waals surface area contributed by atoms with Crippen LogP contribution in [0.4, 0.5) is 0 Å². The molecule has 5 nitrogen and oxygen atoms in total. The number of aryl methyl sites for hydroxylation is 1. The lowest BCUT2D eigenvalue weighted by Crippen LogP contribution is -2.36. The Kier molecular flexibility index (Phi) is 5.69. The molecule has 2 aliphatic rings. The summed E-state index contributed by atoms with van der Waals surface area (Å²) in [5.41, 5.74) is 2.93. The molecule has 2 saturated heterocycles. The van der Waals surface area contributed by atoms with Gasteiger partial charge in [-0.05, 0) is 67.9 Å². The van der Waals surface area contributed by atoms with Crippen molar-refractivity contribution in [1.29, 1.82) is 0 Å². The molecule has 4 heterocycles. The first-order chi connectivity index (χ1) is 15.1. The third kappa shape index (κ3) is 4.07. The van der Waals surface area contributed by atoms with Crippen molar-refractivity contribution in [3.63, 3.8) is 0 Å². The van der Waals surface area contributed by atoms with Gasteiger partial charge in [-0.1, -0.05) is 29.8 Å². The van der Waals surface area contributed by atoms with Crippen molar-refractivity contribution >= 4 is 28.9 Å². The number of halogens is 1. The molecular formula is C24H24ClN3O2S. The van der Waals surface area contributed by atoms with Gasteiger partial charge in [0, 0.05) is 29.9 Å². The van der Waals surface area contributed by atoms with E-state index in [0.29, 0.717) is 5.11 Å². The smallest absolute Gasteiger partial charge is 0.170 e. The van der Waals surface area contributed by atoms with E-state index in [1.165, 1.54) is 0 Å².